The number of halogens is 2. The lowest BCUT2D eigenvalue weighted by atomic mass is 9.94. The first kappa shape index (κ1) is 23.0. The molecule has 4 aromatic rings. The minimum Gasteiger partial charge on any atom is -0.479 e. The normalized spacial score (nSPS) is 15.6. The van der Waals surface area contributed by atoms with Gasteiger partial charge in [-0.05, 0) is 65.1 Å². The van der Waals surface area contributed by atoms with Gasteiger partial charge in [0, 0.05) is 5.39 Å². The number of ether oxygens (including phenoxy) is 1. The molecule has 2 atom stereocenters. The van der Waals surface area contributed by atoms with E-state index in [2.05, 4.69) is 4.98 Å². The van der Waals surface area contributed by atoms with Gasteiger partial charge in [0.25, 0.3) is 0 Å². The summed E-state index contributed by atoms with van der Waals surface area (Å²) >= 11 is 5.91. The molecule has 1 unspecified atom stereocenters. The Bertz CT molecular complexity index is 1510. The van der Waals surface area contributed by atoms with E-state index in [1.54, 1.807) is 6.07 Å². The zero-order valence-corrected chi connectivity index (χ0v) is 19.5. The number of aliphatic carboxylic acids is 1. The molecule has 0 saturated carbocycles. The standard InChI is InChI=1S/C29H21ClFNO3/c1-17(29(33)34)35-28-23-5-3-2-4-19(23)9-10-20-8-6-18(14-24(20)28)7-12-22-13-11-21-15-26(31)25(30)16-27(21)32-22/h2-17,28H,1H3,(H,33,34)/t17-,28?/m1/s1. The largest absolute Gasteiger partial charge is 0.479 e. The fourth-order valence-corrected chi connectivity index (χ4v) is 4.30. The third kappa shape index (κ3) is 4.74. The lowest BCUT2D eigenvalue weighted by Gasteiger charge is -2.23. The summed E-state index contributed by atoms with van der Waals surface area (Å²) in [7, 11) is 0. The van der Waals surface area contributed by atoms with Crippen molar-refractivity contribution in [1.82, 2.24) is 4.98 Å². The quantitative estimate of drug-likeness (QED) is 0.323. The monoisotopic (exact) mass is 485 g/mol. The molecule has 1 aliphatic rings. The van der Waals surface area contributed by atoms with Crippen LogP contribution in [0.5, 0.6) is 0 Å². The second-order valence-electron chi connectivity index (χ2n) is 8.38. The second-order valence-corrected chi connectivity index (χ2v) is 8.78. The lowest BCUT2D eigenvalue weighted by Crippen LogP contribution is -2.23. The summed E-state index contributed by atoms with van der Waals surface area (Å²) in [6, 6.07) is 20.3. The number of hydrogen-bond donors (Lipinski definition) is 1. The van der Waals surface area contributed by atoms with Crippen LogP contribution < -0.4 is 0 Å². The van der Waals surface area contributed by atoms with Crippen molar-refractivity contribution in [3.05, 3.63) is 111 Å². The summed E-state index contributed by atoms with van der Waals surface area (Å²) < 4.78 is 19.8. The molecule has 174 valence electrons. The molecule has 0 aliphatic heterocycles. The van der Waals surface area contributed by atoms with Gasteiger partial charge in [0.1, 0.15) is 11.9 Å². The van der Waals surface area contributed by atoms with E-state index in [9.17, 15) is 14.3 Å². The van der Waals surface area contributed by atoms with Gasteiger partial charge in [0.15, 0.2) is 6.10 Å². The Labute approximate surface area is 207 Å². The summed E-state index contributed by atoms with van der Waals surface area (Å²) in [6.45, 7) is 1.54. The Morgan fingerprint density at radius 2 is 1.80 bits per heavy atom. The van der Waals surface area contributed by atoms with Crippen LogP contribution >= 0.6 is 11.6 Å². The fourth-order valence-electron chi connectivity index (χ4n) is 4.14. The van der Waals surface area contributed by atoms with Gasteiger partial charge in [-0.1, -0.05) is 72.3 Å². The third-order valence-corrected chi connectivity index (χ3v) is 6.29. The van der Waals surface area contributed by atoms with E-state index in [1.165, 1.54) is 19.1 Å². The average molecular weight is 486 g/mol. The highest BCUT2D eigenvalue weighted by Crippen LogP contribution is 2.37. The highest BCUT2D eigenvalue weighted by molar-refractivity contribution is 6.31. The fraction of sp³-hybridized carbons (Fsp3) is 0.103. The molecule has 1 aliphatic carbocycles. The molecule has 0 bridgehead atoms. The number of carbonyl (C=O) groups is 1. The van der Waals surface area contributed by atoms with Gasteiger partial charge < -0.3 is 9.84 Å². The summed E-state index contributed by atoms with van der Waals surface area (Å²) in [5.41, 5.74) is 5.96. The molecule has 0 spiro atoms. The number of hydrogen-bond acceptors (Lipinski definition) is 3. The van der Waals surface area contributed by atoms with Crippen molar-refractivity contribution in [2.24, 2.45) is 0 Å². The molecule has 1 aromatic heterocycles. The Balaban J connectivity index is 1.52. The van der Waals surface area contributed by atoms with Crippen molar-refractivity contribution in [3.8, 4) is 0 Å². The molecule has 0 fully saturated rings. The molecule has 1 N–H and O–H groups in total. The average Bonchev–Trinajstić information content (AvgIpc) is 3.00. The van der Waals surface area contributed by atoms with Crippen LogP contribution in [0.4, 0.5) is 4.39 Å². The summed E-state index contributed by atoms with van der Waals surface area (Å²) in [6.07, 6.45) is 6.32. The molecule has 0 amide bonds. The predicted octanol–water partition coefficient (Wildman–Crippen LogP) is 7.26. The maximum atomic E-state index is 13.7. The molecule has 6 heteroatoms. The maximum Gasteiger partial charge on any atom is 0.332 e. The van der Waals surface area contributed by atoms with Gasteiger partial charge in [0.2, 0.25) is 0 Å². The van der Waals surface area contributed by atoms with Crippen molar-refractivity contribution in [3.63, 3.8) is 0 Å². The number of benzene rings is 3. The van der Waals surface area contributed by atoms with Crippen LogP contribution in [0.2, 0.25) is 5.02 Å². The molecule has 35 heavy (non-hydrogen) atoms. The number of rotatable bonds is 5. The van der Waals surface area contributed by atoms with Gasteiger partial charge in [-0.3, -0.25) is 0 Å². The van der Waals surface area contributed by atoms with Gasteiger partial charge in [-0.2, -0.15) is 0 Å². The number of aromatic nitrogens is 1. The Kier molecular flexibility index (Phi) is 6.20. The van der Waals surface area contributed by atoms with E-state index in [0.29, 0.717) is 16.6 Å². The van der Waals surface area contributed by atoms with E-state index in [0.717, 1.165) is 27.8 Å². The van der Waals surface area contributed by atoms with Crippen molar-refractivity contribution < 1.29 is 19.0 Å². The van der Waals surface area contributed by atoms with Gasteiger partial charge in [-0.25, -0.2) is 14.2 Å². The van der Waals surface area contributed by atoms with Crippen LogP contribution in [0.1, 0.15) is 46.5 Å². The van der Waals surface area contributed by atoms with Crippen LogP contribution in [0.15, 0.2) is 66.7 Å². The first-order chi connectivity index (χ1) is 16.9. The molecule has 4 nitrogen and oxygen atoms in total. The maximum absolute atomic E-state index is 13.7. The van der Waals surface area contributed by atoms with E-state index < -0.39 is 24.0 Å². The predicted molar refractivity (Wildman–Crippen MR) is 137 cm³/mol. The molecule has 0 radical (unpaired) electrons. The molecule has 3 aromatic carbocycles. The van der Waals surface area contributed by atoms with E-state index in [1.807, 2.05) is 72.8 Å². The SMILES string of the molecule is C[C@@H](OC1c2ccccc2C=Cc2ccc(C=Cc3ccc4cc(F)c(Cl)cc4n3)cc21)C(=O)O. The lowest BCUT2D eigenvalue weighted by molar-refractivity contribution is -0.151. The summed E-state index contributed by atoms with van der Waals surface area (Å²) in [4.78, 5) is 16.1. The van der Waals surface area contributed by atoms with Crippen LogP contribution in [-0.4, -0.2) is 22.2 Å². The topological polar surface area (TPSA) is 59.4 Å². The van der Waals surface area contributed by atoms with Crippen LogP contribution in [0.3, 0.4) is 0 Å². The molecule has 1 heterocycles. The highest BCUT2D eigenvalue weighted by Gasteiger charge is 2.26. The minimum atomic E-state index is -1.01. The Morgan fingerprint density at radius 1 is 1.03 bits per heavy atom. The van der Waals surface area contributed by atoms with Crippen molar-refractivity contribution >= 4 is 52.8 Å². The number of fused-ring (bicyclic) bond motifs is 3. The number of nitrogens with zero attached hydrogens (tertiary/aromatic N) is 1. The summed E-state index contributed by atoms with van der Waals surface area (Å²) in [5, 5.41) is 10.2. The van der Waals surface area contributed by atoms with Gasteiger partial charge >= 0.3 is 5.97 Å². The molecular weight excluding hydrogens is 465 g/mol. The number of carboxylic acids is 1. The summed E-state index contributed by atoms with van der Waals surface area (Å²) in [5.74, 6) is -1.49. The van der Waals surface area contributed by atoms with E-state index in [4.69, 9.17) is 16.3 Å². The van der Waals surface area contributed by atoms with E-state index >= 15 is 0 Å². The van der Waals surface area contributed by atoms with Gasteiger partial charge in [0.05, 0.1) is 16.2 Å². The highest BCUT2D eigenvalue weighted by atomic mass is 35.5. The Hall–Kier alpha value is -3.80. The van der Waals surface area contributed by atoms with Crippen molar-refractivity contribution in [2.75, 3.05) is 0 Å². The molecule has 0 saturated heterocycles. The van der Waals surface area contributed by atoms with Crippen molar-refractivity contribution in [1.29, 1.82) is 0 Å². The second kappa shape index (κ2) is 9.45. The molecular formula is C29H21ClFNO3. The van der Waals surface area contributed by atoms with E-state index in [-0.39, 0.29) is 5.02 Å². The first-order valence-electron chi connectivity index (χ1n) is 11.1. The smallest absolute Gasteiger partial charge is 0.332 e. The van der Waals surface area contributed by atoms with Gasteiger partial charge in [-0.15, -0.1) is 0 Å². The molecule has 5 rings (SSSR count). The zero-order valence-electron chi connectivity index (χ0n) is 18.8. The first-order valence-corrected chi connectivity index (χ1v) is 11.5. The minimum absolute atomic E-state index is 0.0341. The Morgan fingerprint density at radius 3 is 2.60 bits per heavy atom. The van der Waals surface area contributed by atoms with Crippen LogP contribution in [-0.2, 0) is 9.53 Å². The van der Waals surface area contributed by atoms with Crippen molar-refractivity contribution in [2.45, 2.75) is 19.1 Å². The zero-order chi connectivity index (χ0) is 24.5. The number of carboxylic acid groups (broad SMARTS) is 1. The van der Waals surface area contributed by atoms with Crippen LogP contribution in [0.25, 0.3) is 35.2 Å². The van der Waals surface area contributed by atoms with Crippen LogP contribution in [0, 0.1) is 5.82 Å². The third-order valence-electron chi connectivity index (χ3n) is 6.00. The number of pyridine rings is 1.